The molecule has 2 N–H and O–H groups in total. The number of sulfone groups is 1. The van der Waals surface area contributed by atoms with Crippen molar-refractivity contribution in [2.24, 2.45) is 0 Å². The number of Topliss-reactive ketones (excluding diaryl/α,β-unsaturated/α-hetero) is 1. The lowest BCUT2D eigenvalue weighted by Crippen LogP contribution is -2.30. The molecule has 0 bridgehead atoms. The Bertz CT molecular complexity index is 1530. The fourth-order valence-corrected chi connectivity index (χ4v) is 4.91. The van der Waals surface area contributed by atoms with E-state index in [1.165, 1.54) is 6.20 Å². The molecule has 1 amide bonds. The molecular weight excluding hydrogens is 464 g/mol. The zero-order valence-electron chi connectivity index (χ0n) is 20.1. The number of aromatic amines is 1. The van der Waals surface area contributed by atoms with Crippen molar-refractivity contribution in [1.82, 2.24) is 10.3 Å². The SMILES string of the molecule is Cc1ccc(C(NC(=O)Cc2ccc3[nH]cc(C(=O)CS(C)(=O)=O)c3c2)c2ccc(C)o2)c(C)c1. The second kappa shape index (κ2) is 9.54. The van der Waals surface area contributed by atoms with Gasteiger partial charge in [-0.2, -0.15) is 0 Å². The molecule has 4 rings (SSSR count). The maximum absolute atomic E-state index is 13.1. The van der Waals surface area contributed by atoms with Gasteiger partial charge in [0.2, 0.25) is 5.91 Å². The van der Waals surface area contributed by atoms with Crippen molar-refractivity contribution in [2.45, 2.75) is 33.2 Å². The topological polar surface area (TPSA) is 109 Å². The highest BCUT2D eigenvalue weighted by molar-refractivity contribution is 7.91. The number of ketones is 1. The van der Waals surface area contributed by atoms with E-state index in [9.17, 15) is 18.0 Å². The third kappa shape index (κ3) is 5.71. The van der Waals surface area contributed by atoms with Gasteiger partial charge < -0.3 is 14.7 Å². The molecule has 1 unspecified atom stereocenters. The van der Waals surface area contributed by atoms with E-state index in [1.807, 2.05) is 51.1 Å². The summed E-state index contributed by atoms with van der Waals surface area (Å²) in [5.41, 5.74) is 4.84. The quantitative estimate of drug-likeness (QED) is 0.355. The van der Waals surface area contributed by atoms with Crippen LogP contribution in [0, 0.1) is 20.8 Å². The molecule has 0 aliphatic heterocycles. The molecule has 4 aromatic rings. The summed E-state index contributed by atoms with van der Waals surface area (Å²) >= 11 is 0. The van der Waals surface area contributed by atoms with Crippen LogP contribution in [0.25, 0.3) is 10.9 Å². The number of carbonyl (C=O) groups is 2. The predicted octanol–water partition coefficient (Wildman–Crippen LogP) is 4.36. The molecule has 0 spiro atoms. The molecule has 0 fully saturated rings. The molecule has 0 radical (unpaired) electrons. The van der Waals surface area contributed by atoms with Crippen LogP contribution in [0.3, 0.4) is 0 Å². The first kappa shape index (κ1) is 24.5. The van der Waals surface area contributed by atoms with Crippen molar-refractivity contribution in [3.8, 4) is 0 Å². The Labute approximate surface area is 204 Å². The lowest BCUT2D eigenvalue weighted by Gasteiger charge is -2.20. The normalized spacial score (nSPS) is 12.6. The number of hydrogen-bond acceptors (Lipinski definition) is 5. The maximum Gasteiger partial charge on any atom is 0.225 e. The van der Waals surface area contributed by atoms with Crippen molar-refractivity contribution >= 4 is 32.4 Å². The minimum atomic E-state index is -3.45. The van der Waals surface area contributed by atoms with Crippen LogP contribution >= 0.6 is 0 Å². The van der Waals surface area contributed by atoms with Gasteiger partial charge in [0.15, 0.2) is 15.6 Å². The summed E-state index contributed by atoms with van der Waals surface area (Å²) in [5, 5.41) is 3.69. The van der Waals surface area contributed by atoms with Crippen LogP contribution in [0.4, 0.5) is 0 Å². The number of H-pyrrole nitrogens is 1. The van der Waals surface area contributed by atoms with E-state index < -0.39 is 27.4 Å². The molecular formula is C27H28N2O5S. The number of amides is 1. The Morgan fingerprint density at radius 3 is 2.46 bits per heavy atom. The molecule has 2 aromatic heterocycles. The summed E-state index contributed by atoms with van der Waals surface area (Å²) in [6, 6.07) is 14.7. The molecule has 8 heteroatoms. The number of rotatable bonds is 8. The Balaban J connectivity index is 1.59. The van der Waals surface area contributed by atoms with Gasteiger partial charge in [-0.3, -0.25) is 9.59 Å². The molecule has 35 heavy (non-hydrogen) atoms. The van der Waals surface area contributed by atoms with E-state index in [4.69, 9.17) is 4.42 Å². The fraction of sp³-hybridized carbons (Fsp3) is 0.259. The van der Waals surface area contributed by atoms with Gasteiger partial charge in [-0.25, -0.2) is 8.42 Å². The zero-order chi connectivity index (χ0) is 25.3. The first-order chi connectivity index (χ1) is 16.5. The van der Waals surface area contributed by atoms with Crippen LogP contribution in [-0.4, -0.2) is 37.1 Å². The van der Waals surface area contributed by atoms with Crippen LogP contribution < -0.4 is 5.32 Å². The second-order valence-corrected chi connectivity index (χ2v) is 11.2. The van der Waals surface area contributed by atoms with Crippen LogP contribution in [0.15, 0.2) is 59.1 Å². The summed E-state index contributed by atoms with van der Waals surface area (Å²) in [6.07, 6.45) is 2.63. The van der Waals surface area contributed by atoms with Crippen LogP contribution in [0.5, 0.6) is 0 Å². The number of nitrogens with one attached hydrogen (secondary N) is 2. The van der Waals surface area contributed by atoms with Crippen molar-refractivity contribution in [1.29, 1.82) is 0 Å². The second-order valence-electron chi connectivity index (χ2n) is 9.06. The minimum absolute atomic E-state index is 0.0852. The van der Waals surface area contributed by atoms with Gasteiger partial charge in [0.25, 0.3) is 0 Å². The van der Waals surface area contributed by atoms with Gasteiger partial charge >= 0.3 is 0 Å². The van der Waals surface area contributed by atoms with Crippen molar-refractivity contribution in [3.05, 3.63) is 94.1 Å². The highest BCUT2D eigenvalue weighted by Gasteiger charge is 2.23. The molecule has 182 valence electrons. The molecule has 0 saturated carbocycles. The van der Waals surface area contributed by atoms with Gasteiger partial charge in [-0.05, 0) is 61.7 Å². The summed E-state index contributed by atoms with van der Waals surface area (Å²) in [7, 11) is -3.45. The molecule has 0 aliphatic carbocycles. The Kier molecular flexibility index (Phi) is 6.67. The molecule has 2 heterocycles. The molecule has 1 atom stereocenters. The smallest absolute Gasteiger partial charge is 0.225 e. The average Bonchev–Trinajstić information content (AvgIpc) is 3.37. The van der Waals surface area contributed by atoms with Crippen molar-refractivity contribution in [3.63, 3.8) is 0 Å². The van der Waals surface area contributed by atoms with Gasteiger partial charge in [-0.15, -0.1) is 0 Å². The van der Waals surface area contributed by atoms with Gasteiger partial charge in [0.05, 0.1) is 6.42 Å². The first-order valence-corrected chi connectivity index (χ1v) is 13.3. The zero-order valence-corrected chi connectivity index (χ0v) is 21.0. The summed E-state index contributed by atoms with van der Waals surface area (Å²) < 4.78 is 29.0. The van der Waals surface area contributed by atoms with Crippen molar-refractivity contribution < 1.29 is 22.4 Å². The number of furan rings is 1. The van der Waals surface area contributed by atoms with Crippen LogP contribution in [-0.2, 0) is 21.1 Å². The third-order valence-electron chi connectivity index (χ3n) is 5.89. The van der Waals surface area contributed by atoms with E-state index in [2.05, 4.69) is 16.4 Å². The lowest BCUT2D eigenvalue weighted by molar-refractivity contribution is -0.121. The summed E-state index contributed by atoms with van der Waals surface area (Å²) in [6.45, 7) is 5.89. The van der Waals surface area contributed by atoms with Gasteiger partial charge in [0.1, 0.15) is 23.3 Å². The number of aromatic nitrogens is 1. The average molecular weight is 493 g/mol. The maximum atomic E-state index is 13.1. The summed E-state index contributed by atoms with van der Waals surface area (Å²) in [5.74, 6) is 0.155. The van der Waals surface area contributed by atoms with Crippen LogP contribution in [0.2, 0.25) is 0 Å². The van der Waals surface area contributed by atoms with E-state index >= 15 is 0 Å². The number of carbonyl (C=O) groups excluding carboxylic acids is 2. The number of benzene rings is 2. The van der Waals surface area contributed by atoms with Crippen molar-refractivity contribution in [2.75, 3.05) is 12.0 Å². The Morgan fingerprint density at radius 1 is 1.03 bits per heavy atom. The first-order valence-electron chi connectivity index (χ1n) is 11.2. The monoisotopic (exact) mass is 492 g/mol. The predicted molar refractivity (Wildman–Crippen MR) is 135 cm³/mol. The molecule has 0 saturated heterocycles. The van der Waals surface area contributed by atoms with Gasteiger partial charge in [0, 0.05) is 28.9 Å². The highest BCUT2D eigenvalue weighted by Crippen LogP contribution is 2.28. The van der Waals surface area contributed by atoms with Gasteiger partial charge in [-0.1, -0.05) is 29.8 Å². The number of aryl methyl sites for hydroxylation is 3. The fourth-order valence-electron chi connectivity index (χ4n) is 4.28. The summed E-state index contributed by atoms with van der Waals surface area (Å²) in [4.78, 5) is 28.6. The molecule has 0 aliphatic rings. The minimum Gasteiger partial charge on any atom is -0.464 e. The highest BCUT2D eigenvalue weighted by atomic mass is 32.2. The van der Waals surface area contributed by atoms with Crippen LogP contribution in [0.1, 0.15) is 50.2 Å². The third-order valence-corrected chi connectivity index (χ3v) is 6.68. The van der Waals surface area contributed by atoms with E-state index in [0.29, 0.717) is 27.8 Å². The van der Waals surface area contributed by atoms with E-state index in [-0.39, 0.29) is 12.3 Å². The largest absolute Gasteiger partial charge is 0.464 e. The Morgan fingerprint density at radius 2 is 1.80 bits per heavy atom. The lowest BCUT2D eigenvalue weighted by atomic mass is 9.97. The van der Waals surface area contributed by atoms with E-state index in [0.717, 1.165) is 28.7 Å². The number of hydrogen-bond donors (Lipinski definition) is 2. The standard InChI is InChI=1S/C27H28N2O5S/c1-16-5-8-20(17(2)11-16)27(25-10-6-18(3)34-25)29-26(31)13-19-7-9-23-21(12-19)22(14-28-23)24(30)15-35(4,32)33/h5-12,14,27-28H,13,15H2,1-4H3,(H,29,31). The Hall–Kier alpha value is -3.65. The molecule has 2 aromatic carbocycles. The number of fused-ring (bicyclic) bond motifs is 1. The molecule has 7 nitrogen and oxygen atoms in total. The van der Waals surface area contributed by atoms with E-state index in [1.54, 1.807) is 12.1 Å².